The molecule has 0 spiro atoms. The van der Waals surface area contributed by atoms with Gasteiger partial charge in [-0.1, -0.05) is 62.6 Å². The van der Waals surface area contributed by atoms with Crippen LogP contribution < -0.4 is 4.74 Å². The van der Waals surface area contributed by atoms with E-state index in [4.69, 9.17) is 9.47 Å². The van der Waals surface area contributed by atoms with Gasteiger partial charge in [0.2, 0.25) is 5.88 Å². The van der Waals surface area contributed by atoms with Gasteiger partial charge in [0.1, 0.15) is 5.52 Å². The molecule has 0 aliphatic rings. The molecule has 0 saturated heterocycles. The first-order valence-electron chi connectivity index (χ1n) is 10.4. The highest BCUT2D eigenvalue weighted by molar-refractivity contribution is 7.98. The van der Waals surface area contributed by atoms with Gasteiger partial charge in [0.15, 0.2) is 16.4 Å². The smallest absolute Gasteiger partial charge is 0.359 e. The van der Waals surface area contributed by atoms with Crippen LogP contribution in [0, 0.1) is 0 Å². The first-order chi connectivity index (χ1) is 14.7. The highest BCUT2D eigenvalue weighted by atomic mass is 32.2. The Bertz CT molecular complexity index is 975. The van der Waals surface area contributed by atoms with E-state index in [1.54, 1.807) is 11.6 Å². The summed E-state index contributed by atoms with van der Waals surface area (Å²) in [6.07, 6.45) is 7.57. The Morgan fingerprint density at radius 2 is 1.80 bits per heavy atom. The number of hydrogen-bond donors (Lipinski definition) is 0. The summed E-state index contributed by atoms with van der Waals surface area (Å²) in [5, 5.41) is 5.12. The van der Waals surface area contributed by atoms with Gasteiger partial charge in [0.25, 0.3) is 0 Å². The van der Waals surface area contributed by atoms with Crippen molar-refractivity contribution in [1.29, 1.82) is 0 Å². The molecule has 2 aromatic heterocycles. The normalized spacial score (nSPS) is 11.0. The largest absolute Gasteiger partial charge is 0.476 e. The molecular formula is C22H28N4O3S. The molecule has 3 rings (SSSR count). The van der Waals surface area contributed by atoms with Crippen LogP contribution in [-0.4, -0.2) is 45.2 Å². The van der Waals surface area contributed by atoms with Crippen LogP contribution in [0.2, 0.25) is 0 Å². The number of esters is 1. The molecule has 0 unspecified atom stereocenters. The number of hydrogen-bond acceptors (Lipinski definition) is 7. The fraction of sp³-hybridized carbons (Fsp3) is 0.455. The third kappa shape index (κ3) is 5.11. The average molecular weight is 429 g/mol. The van der Waals surface area contributed by atoms with Crippen molar-refractivity contribution in [2.24, 2.45) is 0 Å². The molecular weight excluding hydrogens is 400 g/mol. The van der Waals surface area contributed by atoms with Crippen molar-refractivity contribution in [2.45, 2.75) is 51.1 Å². The van der Waals surface area contributed by atoms with E-state index in [0.717, 1.165) is 18.5 Å². The van der Waals surface area contributed by atoms with Crippen LogP contribution in [-0.2, 0) is 4.74 Å². The molecule has 0 N–H and O–H groups in total. The SMILES string of the molecule is CCCCCCCOc1c2nc(SC)nc(C(=O)OCC)c2nn1-c1ccccc1. The van der Waals surface area contributed by atoms with E-state index in [-0.39, 0.29) is 12.3 Å². The number of aromatic nitrogens is 4. The number of carbonyl (C=O) groups is 1. The second-order valence-electron chi connectivity index (χ2n) is 6.79. The molecule has 0 bridgehead atoms. The van der Waals surface area contributed by atoms with Gasteiger partial charge < -0.3 is 9.47 Å². The van der Waals surface area contributed by atoms with Crippen LogP contribution in [0.1, 0.15) is 56.4 Å². The predicted molar refractivity (Wildman–Crippen MR) is 119 cm³/mol. The fourth-order valence-corrected chi connectivity index (χ4v) is 3.47. The lowest BCUT2D eigenvalue weighted by atomic mass is 10.2. The summed E-state index contributed by atoms with van der Waals surface area (Å²) in [7, 11) is 0. The van der Waals surface area contributed by atoms with Crippen molar-refractivity contribution < 1.29 is 14.3 Å². The van der Waals surface area contributed by atoms with Crippen molar-refractivity contribution in [3.05, 3.63) is 36.0 Å². The number of fused-ring (bicyclic) bond motifs is 1. The van der Waals surface area contributed by atoms with Gasteiger partial charge in [0, 0.05) is 0 Å². The number of nitrogens with zero attached hydrogens (tertiary/aromatic N) is 4. The summed E-state index contributed by atoms with van der Waals surface area (Å²) < 4.78 is 13.1. The monoisotopic (exact) mass is 428 g/mol. The molecule has 8 heteroatoms. The minimum atomic E-state index is -0.510. The molecule has 0 saturated carbocycles. The Morgan fingerprint density at radius 1 is 1.03 bits per heavy atom. The third-order valence-electron chi connectivity index (χ3n) is 4.60. The maximum atomic E-state index is 12.5. The Balaban J connectivity index is 2.03. The third-order valence-corrected chi connectivity index (χ3v) is 5.14. The van der Waals surface area contributed by atoms with Crippen LogP contribution in [0.15, 0.2) is 35.5 Å². The van der Waals surface area contributed by atoms with Crippen molar-refractivity contribution in [3.63, 3.8) is 0 Å². The molecule has 2 heterocycles. The van der Waals surface area contributed by atoms with Gasteiger partial charge in [-0.05, 0) is 31.7 Å². The maximum Gasteiger partial charge on any atom is 0.359 e. The van der Waals surface area contributed by atoms with Crippen LogP contribution in [0.25, 0.3) is 16.7 Å². The zero-order chi connectivity index (χ0) is 21.3. The number of rotatable bonds is 11. The first-order valence-corrected chi connectivity index (χ1v) is 11.6. The second-order valence-corrected chi connectivity index (χ2v) is 7.57. The number of thioether (sulfide) groups is 1. The van der Waals surface area contributed by atoms with Gasteiger partial charge in [0.05, 0.1) is 18.9 Å². The molecule has 0 radical (unpaired) electrons. The second kappa shape index (κ2) is 11.0. The minimum absolute atomic E-state index is 0.161. The van der Waals surface area contributed by atoms with E-state index in [1.807, 2.05) is 36.6 Å². The number of carbonyl (C=O) groups excluding carboxylic acids is 1. The fourth-order valence-electron chi connectivity index (χ4n) is 3.11. The molecule has 7 nitrogen and oxygen atoms in total. The van der Waals surface area contributed by atoms with Crippen LogP contribution in [0.4, 0.5) is 0 Å². The lowest BCUT2D eigenvalue weighted by Gasteiger charge is -2.09. The summed E-state index contributed by atoms with van der Waals surface area (Å²) in [6, 6.07) is 9.68. The summed E-state index contributed by atoms with van der Waals surface area (Å²) in [6.45, 7) is 4.79. The predicted octanol–water partition coefficient (Wildman–Crippen LogP) is 5.06. The lowest BCUT2D eigenvalue weighted by molar-refractivity contribution is 0.0520. The molecule has 30 heavy (non-hydrogen) atoms. The van der Waals surface area contributed by atoms with Crippen LogP contribution in [0.5, 0.6) is 5.88 Å². The van der Waals surface area contributed by atoms with E-state index >= 15 is 0 Å². The van der Waals surface area contributed by atoms with Gasteiger partial charge in [-0.25, -0.2) is 14.8 Å². The molecule has 0 fully saturated rings. The van der Waals surface area contributed by atoms with E-state index in [2.05, 4.69) is 22.0 Å². The Hall–Kier alpha value is -2.61. The maximum absolute atomic E-state index is 12.5. The van der Waals surface area contributed by atoms with E-state index in [1.165, 1.54) is 31.0 Å². The average Bonchev–Trinajstić information content (AvgIpc) is 3.14. The van der Waals surface area contributed by atoms with Crippen molar-refractivity contribution in [2.75, 3.05) is 19.5 Å². The molecule has 0 atom stereocenters. The number of unbranched alkanes of at least 4 members (excludes halogenated alkanes) is 4. The molecule has 160 valence electrons. The molecule has 0 amide bonds. The van der Waals surface area contributed by atoms with Gasteiger partial charge in [-0.2, -0.15) is 9.78 Å². The molecule has 1 aromatic carbocycles. The standard InChI is InChI=1S/C22H28N4O3S/c1-4-6-7-8-12-15-29-20-18-17(25-26(20)16-13-10-9-11-14-16)19(21(27)28-5-2)24-22(23-18)30-3/h9-11,13-14H,4-8,12,15H2,1-3H3. The minimum Gasteiger partial charge on any atom is -0.476 e. The van der Waals surface area contributed by atoms with Crippen molar-refractivity contribution in [1.82, 2.24) is 19.7 Å². The van der Waals surface area contributed by atoms with Crippen molar-refractivity contribution >= 4 is 28.8 Å². The molecule has 3 aromatic rings. The highest BCUT2D eigenvalue weighted by Crippen LogP contribution is 2.31. The van der Waals surface area contributed by atoms with Gasteiger partial charge in [-0.15, -0.1) is 0 Å². The first kappa shape index (κ1) is 22.1. The Kier molecular flexibility index (Phi) is 8.07. The van der Waals surface area contributed by atoms with Crippen LogP contribution in [0.3, 0.4) is 0 Å². The zero-order valence-corrected chi connectivity index (χ0v) is 18.6. The van der Waals surface area contributed by atoms with E-state index in [0.29, 0.717) is 28.7 Å². The summed E-state index contributed by atoms with van der Waals surface area (Å²) in [5.41, 5.74) is 1.90. The van der Waals surface area contributed by atoms with Crippen molar-refractivity contribution in [3.8, 4) is 11.6 Å². The Labute approximate surface area is 181 Å². The number of benzene rings is 1. The number of para-hydroxylation sites is 1. The number of ether oxygens (including phenoxy) is 2. The summed E-state index contributed by atoms with van der Waals surface area (Å²) in [4.78, 5) is 21.5. The van der Waals surface area contributed by atoms with E-state index in [9.17, 15) is 4.79 Å². The molecule has 0 aliphatic carbocycles. The molecule has 0 aliphatic heterocycles. The van der Waals surface area contributed by atoms with Gasteiger partial charge in [-0.3, -0.25) is 0 Å². The highest BCUT2D eigenvalue weighted by Gasteiger charge is 2.24. The zero-order valence-electron chi connectivity index (χ0n) is 17.8. The Morgan fingerprint density at radius 3 is 2.50 bits per heavy atom. The lowest BCUT2D eigenvalue weighted by Crippen LogP contribution is -2.09. The summed E-state index contributed by atoms with van der Waals surface area (Å²) >= 11 is 1.36. The quantitative estimate of drug-likeness (QED) is 0.183. The van der Waals surface area contributed by atoms with Crippen LogP contribution >= 0.6 is 11.8 Å². The topological polar surface area (TPSA) is 79.1 Å². The summed E-state index contributed by atoms with van der Waals surface area (Å²) in [5.74, 6) is 0.0129. The van der Waals surface area contributed by atoms with E-state index < -0.39 is 5.97 Å². The van der Waals surface area contributed by atoms with Gasteiger partial charge >= 0.3 is 5.97 Å².